The van der Waals surface area contributed by atoms with Crippen molar-refractivity contribution in [1.29, 1.82) is 0 Å². The quantitative estimate of drug-likeness (QED) is 0.455. The minimum absolute atomic E-state index is 0.0358. The molecular formula is C18H22N4O7S2. The van der Waals surface area contributed by atoms with Gasteiger partial charge in [0, 0.05) is 20.2 Å². The van der Waals surface area contributed by atoms with Crippen molar-refractivity contribution in [1.82, 2.24) is 4.31 Å². The zero-order chi connectivity index (χ0) is 23.6. The van der Waals surface area contributed by atoms with E-state index in [0.717, 1.165) is 14.9 Å². The lowest BCUT2D eigenvalue weighted by atomic mass is 10.1. The fourth-order valence-electron chi connectivity index (χ4n) is 2.67. The number of nitrogens with zero attached hydrogens (tertiary/aromatic N) is 3. The number of carbonyl (C=O) groups excluding carboxylic acids is 1. The smallest absolute Gasteiger partial charge is 0.274 e. The van der Waals surface area contributed by atoms with Gasteiger partial charge in [0.15, 0.2) is 0 Å². The van der Waals surface area contributed by atoms with Gasteiger partial charge in [-0.05, 0) is 37.3 Å². The van der Waals surface area contributed by atoms with Crippen LogP contribution in [0.2, 0.25) is 0 Å². The molecule has 0 heterocycles. The molecule has 0 saturated heterocycles. The molecule has 0 aliphatic heterocycles. The molecule has 1 amide bonds. The molecule has 0 aromatic heterocycles. The van der Waals surface area contributed by atoms with E-state index in [2.05, 4.69) is 5.32 Å². The number of nitrogens with one attached hydrogen (secondary N) is 1. The number of hydrogen-bond donors (Lipinski definition) is 1. The summed E-state index contributed by atoms with van der Waals surface area (Å²) < 4.78 is 50.7. The summed E-state index contributed by atoms with van der Waals surface area (Å²) in [5.74, 6) is -0.723. The third-order valence-electron chi connectivity index (χ3n) is 4.37. The maximum Gasteiger partial charge on any atom is 0.274 e. The third kappa shape index (κ3) is 5.57. The zero-order valence-electron chi connectivity index (χ0n) is 17.3. The van der Waals surface area contributed by atoms with E-state index in [1.54, 1.807) is 0 Å². The van der Waals surface area contributed by atoms with Crippen LogP contribution in [0.3, 0.4) is 0 Å². The Morgan fingerprint density at radius 1 is 1.06 bits per heavy atom. The van der Waals surface area contributed by atoms with Crippen molar-refractivity contribution in [3.8, 4) is 0 Å². The van der Waals surface area contributed by atoms with E-state index in [4.69, 9.17) is 0 Å². The number of hydrogen-bond acceptors (Lipinski definition) is 7. The second kappa shape index (κ2) is 8.99. The average molecular weight is 471 g/mol. The lowest BCUT2D eigenvalue weighted by molar-refractivity contribution is -0.385. The molecule has 0 radical (unpaired) electrons. The highest BCUT2D eigenvalue weighted by atomic mass is 32.2. The van der Waals surface area contributed by atoms with Gasteiger partial charge in [-0.15, -0.1) is 0 Å². The summed E-state index contributed by atoms with van der Waals surface area (Å²) in [6.45, 7) is 0.854. The molecule has 0 atom stereocenters. The van der Waals surface area contributed by atoms with Gasteiger partial charge in [0.2, 0.25) is 26.0 Å². The summed E-state index contributed by atoms with van der Waals surface area (Å²) in [4.78, 5) is 22.9. The average Bonchev–Trinajstić information content (AvgIpc) is 2.66. The van der Waals surface area contributed by atoms with Gasteiger partial charge >= 0.3 is 0 Å². The van der Waals surface area contributed by atoms with Crippen LogP contribution in [0, 0.1) is 17.0 Å². The first-order valence-corrected chi connectivity index (χ1v) is 12.1. The number of nitro benzene ring substituents is 1. The van der Waals surface area contributed by atoms with Gasteiger partial charge in [0.05, 0.1) is 33.0 Å². The Morgan fingerprint density at radius 2 is 1.65 bits per heavy atom. The second-order valence-corrected chi connectivity index (χ2v) is 10.9. The number of amides is 1. The monoisotopic (exact) mass is 470 g/mol. The zero-order valence-corrected chi connectivity index (χ0v) is 18.9. The van der Waals surface area contributed by atoms with Crippen LogP contribution in [0.4, 0.5) is 17.1 Å². The molecule has 1 N–H and O–H groups in total. The summed E-state index contributed by atoms with van der Waals surface area (Å²) in [6, 6.07) is 9.20. The molecule has 0 aliphatic rings. The van der Waals surface area contributed by atoms with Crippen LogP contribution < -0.4 is 9.62 Å². The molecule has 31 heavy (non-hydrogen) atoms. The molecule has 2 rings (SSSR count). The summed E-state index contributed by atoms with van der Waals surface area (Å²) in [5.41, 5.74) is 0.312. The molecular weight excluding hydrogens is 448 g/mol. The Labute approximate surface area is 180 Å². The van der Waals surface area contributed by atoms with Crippen molar-refractivity contribution in [2.45, 2.75) is 11.8 Å². The predicted octanol–water partition coefficient (Wildman–Crippen LogP) is 1.56. The molecule has 0 fully saturated rings. The van der Waals surface area contributed by atoms with Gasteiger partial charge in [0.1, 0.15) is 6.54 Å². The van der Waals surface area contributed by atoms with Gasteiger partial charge in [-0.2, -0.15) is 0 Å². The molecule has 0 unspecified atom stereocenters. The van der Waals surface area contributed by atoms with Crippen molar-refractivity contribution < 1.29 is 26.6 Å². The van der Waals surface area contributed by atoms with E-state index in [1.807, 2.05) is 0 Å². The van der Waals surface area contributed by atoms with Gasteiger partial charge in [0.25, 0.3) is 5.69 Å². The molecule has 0 aliphatic carbocycles. The standard InChI is InChI=1S/C18H22N4O7S2/c1-13-16(6-5-7-17(13)22(24)25)19-18(23)12-21(30(4,26)27)14-8-10-15(11-9-14)31(28,29)20(2)3/h5-11H,12H2,1-4H3,(H,19,23). The van der Waals surface area contributed by atoms with Crippen LogP contribution in [0.15, 0.2) is 47.4 Å². The van der Waals surface area contributed by atoms with Crippen LogP contribution in [0.1, 0.15) is 5.56 Å². The van der Waals surface area contributed by atoms with Gasteiger partial charge < -0.3 is 5.32 Å². The fourth-order valence-corrected chi connectivity index (χ4v) is 4.43. The second-order valence-electron chi connectivity index (χ2n) is 6.81. The predicted molar refractivity (Wildman–Crippen MR) is 116 cm³/mol. The molecule has 0 spiro atoms. The molecule has 0 saturated carbocycles. The molecule has 2 aromatic carbocycles. The van der Waals surface area contributed by atoms with Gasteiger partial charge in [-0.25, -0.2) is 21.1 Å². The largest absolute Gasteiger partial charge is 0.324 e. The summed E-state index contributed by atoms with van der Waals surface area (Å²) >= 11 is 0. The summed E-state index contributed by atoms with van der Waals surface area (Å²) in [7, 11) is -4.87. The van der Waals surface area contributed by atoms with Crippen LogP contribution >= 0.6 is 0 Å². The minimum atomic E-state index is -3.90. The van der Waals surface area contributed by atoms with E-state index in [-0.39, 0.29) is 27.5 Å². The topological polar surface area (TPSA) is 147 Å². The van der Waals surface area contributed by atoms with Crippen LogP contribution in [0.25, 0.3) is 0 Å². The number of sulfonamides is 2. The highest BCUT2D eigenvalue weighted by Gasteiger charge is 2.24. The number of nitro groups is 1. The van der Waals surface area contributed by atoms with Crippen LogP contribution in [-0.4, -0.2) is 58.9 Å². The first kappa shape index (κ1) is 24.2. The Morgan fingerprint density at radius 3 is 2.13 bits per heavy atom. The highest BCUT2D eigenvalue weighted by Crippen LogP contribution is 2.26. The molecule has 13 heteroatoms. The molecule has 2 aromatic rings. The maximum atomic E-state index is 12.5. The Bertz CT molecular complexity index is 1210. The summed E-state index contributed by atoms with van der Waals surface area (Å²) in [6.07, 6.45) is 0.906. The van der Waals surface area contributed by atoms with E-state index in [9.17, 15) is 31.7 Å². The Balaban J connectivity index is 2.30. The van der Waals surface area contributed by atoms with Crippen molar-refractivity contribution in [3.63, 3.8) is 0 Å². The first-order valence-electron chi connectivity index (χ1n) is 8.79. The van der Waals surface area contributed by atoms with Gasteiger partial charge in [-0.3, -0.25) is 19.2 Å². The SMILES string of the molecule is Cc1c(NC(=O)CN(c2ccc(S(=O)(=O)N(C)C)cc2)S(C)(=O)=O)cccc1[N+](=O)[O-]. The highest BCUT2D eigenvalue weighted by molar-refractivity contribution is 7.92. The third-order valence-corrected chi connectivity index (χ3v) is 7.34. The Hall–Kier alpha value is -3.03. The first-order chi connectivity index (χ1) is 14.2. The number of carbonyl (C=O) groups is 1. The molecule has 11 nitrogen and oxygen atoms in total. The van der Waals surface area contributed by atoms with E-state index in [0.29, 0.717) is 0 Å². The fraction of sp³-hybridized carbons (Fsp3) is 0.278. The lowest BCUT2D eigenvalue weighted by Gasteiger charge is -2.22. The molecule has 168 valence electrons. The van der Waals surface area contributed by atoms with E-state index in [1.165, 1.54) is 63.5 Å². The number of benzene rings is 2. The summed E-state index contributed by atoms with van der Waals surface area (Å²) in [5, 5.41) is 13.5. The van der Waals surface area contributed by atoms with Gasteiger partial charge in [-0.1, -0.05) is 6.07 Å². The van der Waals surface area contributed by atoms with Crippen molar-refractivity contribution in [2.75, 3.05) is 36.5 Å². The van der Waals surface area contributed by atoms with E-state index >= 15 is 0 Å². The van der Waals surface area contributed by atoms with Crippen LogP contribution in [-0.2, 0) is 24.8 Å². The molecule has 0 bridgehead atoms. The van der Waals surface area contributed by atoms with Crippen molar-refractivity contribution in [3.05, 3.63) is 58.1 Å². The Kier molecular flexibility index (Phi) is 7.03. The number of anilines is 2. The number of rotatable bonds is 8. The minimum Gasteiger partial charge on any atom is -0.324 e. The lowest BCUT2D eigenvalue weighted by Crippen LogP contribution is -2.37. The maximum absolute atomic E-state index is 12.5. The van der Waals surface area contributed by atoms with Crippen LogP contribution in [0.5, 0.6) is 0 Å². The normalized spacial score (nSPS) is 11.9. The van der Waals surface area contributed by atoms with Crippen molar-refractivity contribution >= 4 is 43.0 Å². The van der Waals surface area contributed by atoms with E-state index < -0.39 is 37.4 Å². The van der Waals surface area contributed by atoms with Crippen molar-refractivity contribution in [2.24, 2.45) is 0 Å².